The summed E-state index contributed by atoms with van der Waals surface area (Å²) in [5, 5.41) is 6.47. The van der Waals surface area contributed by atoms with Crippen molar-refractivity contribution >= 4 is 18.3 Å². The van der Waals surface area contributed by atoms with Crippen LogP contribution in [0.5, 0.6) is 0 Å². The van der Waals surface area contributed by atoms with E-state index in [2.05, 4.69) is 28.8 Å². The molecule has 0 radical (unpaired) electrons. The summed E-state index contributed by atoms with van der Waals surface area (Å²) in [5.74, 6) is -0.0283. The maximum atomic E-state index is 12.8. The molecule has 2 aromatic carbocycles. The second kappa shape index (κ2) is 8.67. The maximum absolute atomic E-state index is 12.8. The van der Waals surface area contributed by atoms with Crippen molar-refractivity contribution in [2.75, 3.05) is 6.61 Å². The minimum Gasteiger partial charge on any atom is -0.373 e. The molecule has 4 nitrogen and oxygen atoms in total. The van der Waals surface area contributed by atoms with Crippen LogP contribution < -0.4 is 10.6 Å². The molecule has 2 N–H and O–H groups in total. The molecule has 2 aliphatic heterocycles. The van der Waals surface area contributed by atoms with Crippen LogP contribution in [0, 0.1) is 5.92 Å². The maximum Gasteiger partial charge on any atom is 0.226 e. The Morgan fingerprint density at radius 1 is 1.12 bits per heavy atom. The van der Waals surface area contributed by atoms with Gasteiger partial charge in [-0.3, -0.25) is 4.79 Å². The van der Waals surface area contributed by atoms with E-state index < -0.39 is 0 Å². The first-order valence-electron chi connectivity index (χ1n) is 9.07. The lowest BCUT2D eigenvalue weighted by molar-refractivity contribution is -0.134. The fourth-order valence-corrected chi connectivity index (χ4v) is 3.80. The van der Waals surface area contributed by atoms with Gasteiger partial charge in [0.1, 0.15) is 0 Å². The van der Waals surface area contributed by atoms with Gasteiger partial charge in [-0.05, 0) is 35.1 Å². The average Bonchev–Trinajstić information content (AvgIpc) is 3.14. The summed E-state index contributed by atoms with van der Waals surface area (Å²) in [5.41, 5.74) is 4.95. The van der Waals surface area contributed by atoms with E-state index in [-0.39, 0.29) is 30.3 Å². The van der Waals surface area contributed by atoms with Crippen molar-refractivity contribution < 1.29 is 9.53 Å². The molecule has 0 aromatic heterocycles. The van der Waals surface area contributed by atoms with Gasteiger partial charge in [-0.2, -0.15) is 0 Å². The van der Waals surface area contributed by atoms with E-state index in [4.69, 9.17) is 4.74 Å². The van der Waals surface area contributed by atoms with Gasteiger partial charge in [-0.15, -0.1) is 12.4 Å². The predicted octanol–water partition coefficient (Wildman–Crippen LogP) is 3.50. The molecule has 4 rings (SSSR count). The average molecular weight is 373 g/mol. The minimum atomic E-state index is -0.140. The molecule has 0 aliphatic carbocycles. The predicted molar refractivity (Wildman–Crippen MR) is 104 cm³/mol. The molecule has 1 fully saturated rings. The molecule has 2 aliphatic rings. The summed E-state index contributed by atoms with van der Waals surface area (Å²) in [6, 6.07) is 16.5. The van der Waals surface area contributed by atoms with Gasteiger partial charge in [-0.25, -0.2) is 0 Å². The Morgan fingerprint density at radius 3 is 2.77 bits per heavy atom. The van der Waals surface area contributed by atoms with Crippen LogP contribution in [0.15, 0.2) is 48.5 Å². The van der Waals surface area contributed by atoms with Crippen molar-refractivity contribution in [3.8, 4) is 0 Å². The highest BCUT2D eigenvalue weighted by Crippen LogP contribution is 2.33. The van der Waals surface area contributed by atoms with Crippen LogP contribution in [0.1, 0.15) is 41.2 Å². The normalized spacial score (nSPS) is 21.5. The Labute approximate surface area is 160 Å². The topological polar surface area (TPSA) is 50.4 Å². The first-order valence-corrected chi connectivity index (χ1v) is 9.07. The summed E-state index contributed by atoms with van der Waals surface area (Å²) in [6.45, 7) is 3.16. The summed E-state index contributed by atoms with van der Waals surface area (Å²) >= 11 is 0. The van der Waals surface area contributed by atoms with Crippen LogP contribution >= 0.6 is 12.4 Å². The van der Waals surface area contributed by atoms with Gasteiger partial charge < -0.3 is 15.4 Å². The van der Waals surface area contributed by atoms with E-state index >= 15 is 0 Å². The molecular weight excluding hydrogens is 348 g/mol. The number of carbonyl (C=O) groups excluding carboxylic acids is 1. The Bertz CT molecular complexity index is 751. The van der Waals surface area contributed by atoms with Crippen LogP contribution in [0.2, 0.25) is 0 Å². The second-order valence-corrected chi connectivity index (χ2v) is 6.88. The molecule has 1 amide bonds. The number of rotatable bonds is 4. The van der Waals surface area contributed by atoms with Crippen molar-refractivity contribution in [2.24, 2.45) is 5.92 Å². The molecule has 2 heterocycles. The fourth-order valence-electron chi connectivity index (χ4n) is 3.80. The highest BCUT2D eigenvalue weighted by Gasteiger charge is 2.32. The van der Waals surface area contributed by atoms with E-state index in [1.54, 1.807) is 0 Å². The molecule has 1 saturated heterocycles. The van der Waals surface area contributed by atoms with Gasteiger partial charge in [0.15, 0.2) is 0 Å². The van der Waals surface area contributed by atoms with Crippen LogP contribution in [-0.4, -0.2) is 12.5 Å². The first-order chi connectivity index (χ1) is 12.3. The third-order valence-electron chi connectivity index (χ3n) is 5.16. The Morgan fingerprint density at radius 2 is 1.92 bits per heavy atom. The number of nitrogens with one attached hydrogen (secondary N) is 2. The van der Waals surface area contributed by atoms with E-state index in [0.717, 1.165) is 43.7 Å². The summed E-state index contributed by atoms with van der Waals surface area (Å²) in [4.78, 5) is 12.8. The monoisotopic (exact) mass is 372 g/mol. The number of halogens is 1. The molecular formula is C21H25ClN2O2. The Balaban J connectivity index is 0.00000196. The van der Waals surface area contributed by atoms with Crippen LogP contribution in [0.4, 0.5) is 0 Å². The molecule has 0 bridgehead atoms. The quantitative estimate of drug-likeness (QED) is 0.863. The summed E-state index contributed by atoms with van der Waals surface area (Å²) < 4.78 is 5.94. The zero-order valence-corrected chi connectivity index (χ0v) is 15.6. The number of fused-ring (bicyclic) bond motifs is 1. The van der Waals surface area contributed by atoms with E-state index in [1.165, 1.54) is 11.1 Å². The minimum absolute atomic E-state index is 0. The number of hydrogen-bond acceptors (Lipinski definition) is 3. The highest BCUT2D eigenvalue weighted by atomic mass is 35.5. The third-order valence-corrected chi connectivity index (χ3v) is 5.16. The molecule has 0 saturated carbocycles. The zero-order chi connectivity index (χ0) is 17.1. The van der Waals surface area contributed by atoms with Gasteiger partial charge in [0.25, 0.3) is 0 Å². The van der Waals surface area contributed by atoms with Crippen LogP contribution in [-0.2, 0) is 29.2 Å². The standard InChI is InChI=1S/C21H24N2O2.ClH/c24-21(23-12-15-8-9-17-13-22-14-18(17)11-15)19-7-4-10-25-20(19)16-5-2-1-3-6-16;/h1-3,5-6,8-9,11,19-20,22H,4,7,10,12-14H2,(H,23,24);1H. The summed E-state index contributed by atoms with van der Waals surface area (Å²) in [6.07, 6.45) is 1.67. The van der Waals surface area contributed by atoms with Gasteiger partial charge in [-0.1, -0.05) is 48.5 Å². The van der Waals surface area contributed by atoms with Crippen molar-refractivity contribution in [3.05, 3.63) is 70.8 Å². The third kappa shape index (κ3) is 4.09. The first kappa shape index (κ1) is 18.9. The molecule has 2 unspecified atom stereocenters. The highest BCUT2D eigenvalue weighted by molar-refractivity contribution is 5.85. The molecule has 0 spiro atoms. The lowest BCUT2D eigenvalue weighted by Gasteiger charge is -2.31. The molecule has 5 heteroatoms. The van der Waals surface area contributed by atoms with Gasteiger partial charge in [0.05, 0.1) is 12.0 Å². The fraction of sp³-hybridized carbons (Fsp3) is 0.381. The number of benzene rings is 2. The number of carbonyl (C=O) groups is 1. The lowest BCUT2D eigenvalue weighted by Crippen LogP contribution is -2.37. The van der Waals surface area contributed by atoms with Crippen molar-refractivity contribution in [2.45, 2.75) is 38.6 Å². The van der Waals surface area contributed by atoms with Crippen molar-refractivity contribution in [1.82, 2.24) is 10.6 Å². The van der Waals surface area contributed by atoms with Crippen molar-refractivity contribution in [3.63, 3.8) is 0 Å². The van der Waals surface area contributed by atoms with E-state index in [9.17, 15) is 4.79 Å². The summed E-state index contributed by atoms with van der Waals surface area (Å²) in [7, 11) is 0. The van der Waals surface area contributed by atoms with E-state index in [1.807, 2.05) is 30.3 Å². The smallest absolute Gasteiger partial charge is 0.226 e. The second-order valence-electron chi connectivity index (χ2n) is 6.88. The van der Waals surface area contributed by atoms with Crippen molar-refractivity contribution in [1.29, 1.82) is 0 Å². The SMILES string of the molecule is Cl.O=C(NCc1ccc2c(c1)CNC2)C1CCCOC1c1ccccc1. The lowest BCUT2D eigenvalue weighted by atomic mass is 9.88. The Kier molecular flexibility index (Phi) is 6.30. The number of amides is 1. The molecule has 2 aromatic rings. The van der Waals surface area contributed by atoms with Gasteiger partial charge in [0.2, 0.25) is 5.91 Å². The Hall–Kier alpha value is -1.88. The van der Waals surface area contributed by atoms with Crippen LogP contribution in [0.25, 0.3) is 0 Å². The molecule has 138 valence electrons. The molecule has 2 atom stereocenters. The number of hydrogen-bond donors (Lipinski definition) is 2. The molecule has 26 heavy (non-hydrogen) atoms. The number of ether oxygens (including phenoxy) is 1. The largest absolute Gasteiger partial charge is 0.373 e. The van der Waals surface area contributed by atoms with Crippen LogP contribution in [0.3, 0.4) is 0 Å². The zero-order valence-electron chi connectivity index (χ0n) is 14.7. The van der Waals surface area contributed by atoms with Gasteiger partial charge in [0, 0.05) is 26.2 Å². The van der Waals surface area contributed by atoms with E-state index in [0.29, 0.717) is 6.54 Å². The van der Waals surface area contributed by atoms with Gasteiger partial charge >= 0.3 is 0 Å².